The maximum Gasteiger partial charge on any atom is 1.00 e. The molecule has 0 saturated heterocycles. The van der Waals surface area contributed by atoms with Gasteiger partial charge in [0.2, 0.25) is 0 Å². The van der Waals surface area contributed by atoms with Gasteiger partial charge in [0, 0.05) is 0 Å². The molecule has 0 unspecified atom stereocenters. The van der Waals surface area contributed by atoms with E-state index < -0.39 is 36.0 Å². The fourth-order valence-electron chi connectivity index (χ4n) is 0.916. The minimum atomic E-state index is -8.06. The molecule has 0 heterocycles. The molecule has 0 amide bonds. The average molecular weight is 374 g/mol. The van der Waals surface area contributed by atoms with Crippen molar-refractivity contribution in [1.29, 1.82) is 0 Å². The second-order valence-electron chi connectivity index (χ2n) is 3.32. The quantitative estimate of drug-likeness (QED) is 0.495. The van der Waals surface area contributed by atoms with Crippen molar-refractivity contribution in [1.82, 2.24) is 0 Å². The van der Waals surface area contributed by atoms with Gasteiger partial charge >= 0.3 is 81.8 Å². The topological polar surface area (TPSA) is 23.1 Å². The summed E-state index contributed by atoms with van der Waals surface area (Å²) in [6, 6.07) is 0. The van der Waals surface area contributed by atoms with E-state index in [1.54, 1.807) is 0 Å². The molecule has 0 atom stereocenters. The Hall–Kier alpha value is 0.686. The van der Waals surface area contributed by atoms with Crippen molar-refractivity contribution in [3.05, 3.63) is 0 Å². The summed E-state index contributed by atoms with van der Waals surface area (Å²) in [6.07, 6.45) is -22.8. The molecule has 0 bridgehead atoms. The molecule has 0 aliphatic carbocycles. The van der Waals surface area contributed by atoms with Gasteiger partial charge in [-0.2, -0.15) is 57.1 Å². The molecule has 0 fully saturated rings. The molecule has 0 radical (unpaired) electrons. The summed E-state index contributed by atoms with van der Waals surface area (Å²) in [6.45, 7) is 0. The molecule has 0 rings (SSSR count). The molecule has 0 spiro atoms. The van der Waals surface area contributed by atoms with Crippen LogP contribution < -0.4 is 56.5 Å². The first-order chi connectivity index (χ1) is 8.25. The third-order valence-corrected chi connectivity index (χ3v) is 1.99. The fraction of sp³-hybridized carbons (Fsp3) is 1.00. The van der Waals surface area contributed by atoms with E-state index in [0.717, 1.165) is 0 Å². The molecule has 0 aliphatic rings. The van der Waals surface area contributed by atoms with Crippen molar-refractivity contribution in [2.24, 2.45) is 0 Å². The summed E-state index contributed by atoms with van der Waals surface area (Å²) in [5.74, 6) is -15.9. The minimum Gasteiger partial charge on any atom is -0.832 e. The molecule has 0 aromatic carbocycles. The van der Waals surface area contributed by atoms with Crippen molar-refractivity contribution in [2.75, 3.05) is 0 Å². The van der Waals surface area contributed by atoms with Gasteiger partial charge < -0.3 is 5.11 Å². The van der Waals surface area contributed by atoms with Crippen LogP contribution in [0.1, 0.15) is 0 Å². The number of halogens is 13. The maximum atomic E-state index is 12.5. The maximum absolute atomic E-state index is 12.5. The van der Waals surface area contributed by atoms with Gasteiger partial charge in [-0.25, -0.2) is 0 Å². The van der Waals surface area contributed by atoms with Crippen molar-refractivity contribution in [3.63, 3.8) is 0 Å². The number of alkyl halides is 13. The van der Waals surface area contributed by atoms with Crippen LogP contribution in [0, 0.1) is 0 Å². The Bertz CT molecular complexity index is 348. The monoisotopic (exact) mass is 374 g/mol. The molecule has 122 valence electrons. The van der Waals surface area contributed by atoms with Crippen molar-refractivity contribution in [2.45, 2.75) is 36.0 Å². The third-order valence-electron chi connectivity index (χ3n) is 1.99. The number of rotatable bonds is 2. The Morgan fingerprint density at radius 1 is 0.429 bits per heavy atom. The van der Waals surface area contributed by atoms with E-state index in [1.807, 2.05) is 0 Å². The second-order valence-corrected chi connectivity index (χ2v) is 3.32. The molecule has 0 aliphatic heterocycles. The summed E-state index contributed by atoms with van der Waals surface area (Å²) in [7, 11) is 0. The van der Waals surface area contributed by atoms with Gasteiger partial charge in [0.1, 0.15) is 0 Å². The summed E-state index contributed by atoms with van der Waals surface area (Å²) in [5, 5.41) is 10.3. The Labute approximate surface area is 148 Å². The Balaban J connectivity index is 0. The van der Waals surface area contributed by atoms with Crippen LogP contribution in [-0.4, -0.2) is 36.0 Å². The van der Waals surface area contributed by atoms with Crippen LogP contribution >= 0.6 is 0 Å². The predicted octanol–water partition coefficient (Wildman–Crippen LogP) is 0.0470. The zero-order valence-corrected chi connectivity index (χ0v) is 12.4. The zero-order valence-electron chi connectivity index (χ0n) is 9.32. The van der Waals surface area contributed by atoms with Crippen LogP contribution in [0.5, 0.6) is 0 Å². The number of hydrogen-bond donors (Lipinski definition) is 0. The van der Waals surface area contributed by atoms with E-state index in [2.05, 4.69) is 0 Å². The van der Waals surface area contributed by atoms with Crippen LogP contribution in [-0.2, 0) is 0 Å². The van der Waals surface area contributed by atoms with Gasteiger partial charge in [0.15, 0.2) is 5.60 Å². The molecule has 0 aromatic rings. The zero-order chi connectivity index (χ0) is 17.0. The van der Waals surface area contributed by atoms with Crippen LogP contribution in [0.3, 0.4) is 0 Å². The standard InChI is InChI=1S/C6F13O.K/c7-2(8,3(9,10)6(17,18)19)1(20,4(11,12)13)5(14,15)16;/q-1;+1. The minimum absolute atomic E-state index is 0. The molecule has 0 saturated carbocycles. The number of hydrogen-bond acceptors (Lipinski definition) is 1. The smallest absolute Gasteiger partial charge is 0.832 e. The predicted molar refractivity (Wildman–Crippen MR) is 30.8 cm³/mol. The van der Waals surface area contributed by atoms with Gasteiger partial charge in [-0.15, -0.1) is 0 Å². The molecule has 21 heavy (non-hydrogen) atoms. The van der Waals surface area contributed by atoms with Crippen molar-refractivity contribution < 1.29 is 114 Å². The first-order valence-corrected chi connectivity index (χ1v) is 3.91. The molecule has 0 N–H and O–H groups in total. The van der Waals surface area contributed by atoms with E-state index in [1.165, 1.54) is 0 Å². The first kappa shape index (κ1) is 23.9. The van der Waals surface area contributed by atoms with Crippen LogP contribution in [0.2, 0.25) is 0 Å². The van der Waals surface area contributed by atoms with Crippen LogP contribution in [0.25, 0.3) is 0 Å². The van der Waals surface area contributed by atoms with Crippen molar-refractivity contribution >= 4 is 0 Å². The Morgan fingerprint density at radius 2 is 0.667 bits per heavy atom. The van der Waals surface area contributed by atoms with Crippen molar-refractivity contribution in [3.8, 4) is 0 Å². The van der Waals surface area contributed by atoms with E-state index in [4.69, 9.17) is 0 Å². The van der Waals surface area contributed by atoms with E-state index in [-0.39, 0.29) is 51.4 Å². The summed E-state index contributed by atoms with van der Waals surface area (Å²) in [4.78, 5) is 0. The molecule has 15 heteroatoms. The summed E-state index contributed by atoms with van der Waals surface area (Å²) >= 11 is 0. The van der Waals surface area contributed by atoms with Crippen LogP contribution in [0.4, 0.5) is 57.1 Å². The largest absolute Gasteiger partial charge is 1.00 e. The van der Waals surface area contributed by atoms with Crippen LogP contribution in [0.15, 0.2) is 0 Å². The van der Waals surface area contributed by atoms with Gasteiger partial charge in [0.05, 0.1) is 0 Å². The van der Waals surface area contributed by atoms with Gasteiger partial charge in [-0.05, 0) is 0 Å². The molecule has 0 aromatic heterocycles. The molecular formula is C6F13KO. The summed E-state index contributed by atoms with van der Waals surface area (Å²) in [5.41, 5.74) is -7.84. The Morgan fingerprint density at radius 3 is 0.810 bits per heavy atom. The Kier molecular flexibility index (Phi) is 6.79. The SMILES string of the molecule is [K+].[O-]C(C(F)(F)F)(C(F)(F)F)C(F)(F)C(F)(F)C(F)(F)F. The summed E-state index contributed by atoms with van der Waals surface area (Å²) < 4.78 is 155. The van der Waals surface area contributed by atoms with Gasteiger partial charge in [-0.3, -0.25) is 0 Å². The van der Waals surface area contributed by atoms with E-state index >= 15 is 0 Å². The molecular weight excluding hydrogens is 374 g/mol. The normalized spacial score (nSPS) is 15.7. The second kappa shape index (κ2) is 5.96. The molecule has 1 nitrogen and oxygen atoms in total. The first-order valence-electron chi connectivity index (χ1n) is 3.91. The average Bonchev–Trinajstić information content (AvgIpc) is 2.10. The fourth-order valence-corrected chi connectivity index (χ4v) is 0.916. The van der Waals surface area contributed by atoms with Gasteiger partial charge in [0.25, 0.3) is 0 Å². The van der Waals surface area contributed by atoms with Gasteiger partial charge in [-0.1, -0.05) is 0 Å². The van der Waals surface area contributed by atoms with E-state index in [0.29, 0.717) is 0 Å². The third kappa shape index (κ3) is 3.46. The van der Waals surface area contributed by atoms with E-state index in [9.17, 15) is 62.2 Å².